The van der Waals surface area contributed by atoms with Gasteiger partial charge < -0.3 is 10.1 Å². The summed E-state index contributed by atoms with van der Waals surface area (Å²) in [5.41, 5.74) is 0.874. The molecule has 0 radical (unpaired) electrons. The van der Waals surface area contributed by atoms with Crippen LogP contribution in [0.3, 0.4) is 0 Å². The van der Waals surface area contributed by atoms with Gasteiger partial charge in [0, 0.05) is 24.2 Å². The van der Waals surface area contributed by atoms with Crippen LogP contribution in [0.4, 0.5) is 5.95 Å². The van der Waals surface area contributed by atoms with E-state index in [-0.39, 0.29) is 12.1 Å². The number of aromatic nitrogens is 2. The van der Waals surface area contributed by atoms with Gasteiger partial charge in [0.15, 0.2) is 0 Å². The van der Waals surface area contributed by atoms with Crippen molar-refractivity contribution in [1.29, 1.82) is 0 Å². The monoisotopic (exact) mass is 247 g/mol. The third kappa shape index (κ3) is 4.62. The Morgan fingerprint density at radius 3 is 2.72 bits per heavy atom. The number of nitrogens with one attached hydrogen (secondary N) is 1. The molecule has 0 aliphatic heterocycles. The number of hydrogen-bond acceptors (Lipinski definition) is 4. The number of terminal acetylenes is 1. The van der Waals surface area contributed by atoms with Gasteiger partial charge in [0.05, 0.1) is 6.10 Å². The van der Waals surface area contributed by atoms with Crippen LogP contribution in [-0.4, -0.2) is 22.1 Å². The number of rotatable bonds is 6. The summed E-state index contributed by atoms with van der Waals surface area (Å²) >= 11 is 0. The molecule has 0 fully saturated rings. The first kappa shape index (κ1) is 14.3. The average Bonchev–Trinajstić information content (AvgIpc) is 2.26. The third-order valence-corrected chi connectivity index (χ3v) is 2.38. The summed E-state index contributed by atoms with van der Waals surface area (Å²) in [6.07, 6.45) is 7.02. The zero-order valence-electron chi connectivity index (χ0n) is 11.5. The maximum atomic E-state index is 5.58. The smallest absolute Gasteiger partial charge is 0.226 e. The van der Waals surface area contributed by atoms with Crippen molar-refractivity contribution in [2.75, 3.05) is 5.32 Å². The van der Waals surface area contributed by atoms with E-state index in [0.29, 0.717) is 18.2 Å². The molecule has 0 spiro atoms. The van der Waals surface area contributed by atoms with E-state index in [1.807, 2.05) is 26.8 Å². The van der Waals surface area contributed by atoms with Crippen LogP contribution >= 0.6 is 0 Å². The maximum Gasteiger partial charge on any atom is 0.226 e. The lowest BCUT2D eigenvalue weighted by Crippen LogP contribution is -2.20. The molecule has 0 amide bonds. The standard InChI is InChI=1S/C14H21N3O/c1-6-8-12(7-2)16-14-15-11(5)9-13(17-14)18-10(3)4/h1,9-10,12H,7-8H2,2-5H3,(H,15,16,17). The van der Waals surface area contributed by atoms with E-state index in [4.69, 9.17) is 11.2 Å². The van der Waals surface area contributed by atoms with Crippen molar-refractivity contribution in [3.63, 3.8) is 0 Å². The summed E-state index contributed by atoms with van der Waals surface area (Å²) in [5.74, 6) is 3.82. The zero-order valence-corrected chi connectivity index (χ0v) is 11.5. The number of ether oxygens (including phenoxy) is 1. The lowest BCUT2D eigenvalue weighted by Gasteiger charge is -2.16. The normalized spacial score (nSPS) is 12.0. The molecular formula is C14H21N3O. The summed E-state index contributed by atoms with van der Waals surface area (Å²) in [6.45, 7) is 7.94. The fourth-order valence-corrected chi connectivity index (χ4v) is 1.53. The molecule has 0 aliphatic carbocycles. The Morgan fingerprint density at radius 1 is 1.44 bits per heavy atom. The number of hydrogen-bond donors (Lipinski definition) is 1. The molecule has 18 heavy (non-hydrogen) atoms. The average molecular weight is 247 g/mol. The minimum atomic E-state index is 0.0971. The van der Waals surface area contributed by atoms with E-state index in [1.54, 1.807) is 0 Å². The molecule has 1 heterocycles. The highest BCUT2D eigenvalue weighted by Crippen LogP contribution is 2.15. The molecular weight excluding hydrogens is 226 g/mol. The summed E-state index contributed by atoms with van der Waals surface area (Å²) in [5, 5.41) is 3.24. The van der Waals surface area contributed by atoms with Crippen molar-refractivity contribution in [2.45, 2.75) is 52.7 Å². The van der Waals surface area contributed by atoms with Gasteiger partial charge in [-0.3, -0.25) is 0 Å². The second kappa shape index (κ2) is 6.85. The van der Waals surface area contributed by atoms with Crippen LogP contribution in [-0.2, 0) is 0 Å². The summed E-state index contributed by atoms with van der Waals surface area (Å²) < 4.78 is 5.58. The Kier molecular flexibility index (Phi) is 5.44. The SMILES string of the molecule is C#CCC(CC)Nc1nc(C)cc(OC(C)C)n1. The van der Waals surface area contributed by atoms with E-state index in [1.165, 1.54) is 0 Å². The molecule has 1 unspecified atom stereocenters. The Morgan fingerprint density at radius 2 is 2.17 bits per heavy atom. The molecule has 1 aromatic heterocycles. The van der Waals surface area contributed by atoms with Crippen LogP contribution in [0.2, 0.25) is 0 Å². The lowest BCUT2D eigenvalue weighted by atomic mass is 10.2. The van der Waals surface area contributed by atoms with Gasteiger partial charge in [0.2, 0.25) is 11.8 Å². The predicted molar refractivity (Wildman–Crippen MR) is 73.7 cm³/mol. The van der Waals surface area contributed by atoms with E-state index in [9.17, 15) is 0 Å². The van der Waals surface area contributed by atoms with E-state index >= 15 is 0 Å². The molecule has 0 aromatic carbocycles. The lowest BCUT2D eigenvalue weighted by molar-refractivity contribution is 0.232. The molecule has 0 saturated heterocycles. The van der Waals surface area contributed by atoms with Gasteiger partial charge >= 0.3 is 0 Å². The van der Waals surface area contributed by atoms with Gasteiger partial charge in [-0.25, -0.2) is 4.98 Å². The van der Waals surface area contributed by atoms with E-state index in [2.05, 4.69) is 28.1 Å². The second-order valence-corrected chi connectivity index (χ2v) is 4.50. The van der Waals surface area contributed by atoms with Gasteiger partial charge in [0.1, 0.15) is 0 Å². The van der Waals surface area contributed by atoms with Crippen molar-refractivity contribution in [2.24, 2.45) is 0 Å². The Bertz CT molecular complexity index is 424. The first-order valence-electron chi connectivity index (χ1n) is 6.27. The molecule has 1 rings (SSSR count). The largest absolute Gasteiger partial charge is 0.475 e. The summed E-state index contributed by atoms with van der Waals surface area (Å²) in [7, 11) is 0. The first-order valence-corrected chi connectivity index (χ1v) is 6.27. The minimum absolute atomic E-state index is 0.0971. The van der Waals surface area contributed by atoms with Gasteiger partial charge in [-0.1, -0.05) is 6.92 Å². The molecule has 0 saturated carbocycles. The van der Waals surface area contributed by atoms with Crippen LogP contribution in [0.15, 0.2) is 6.07 Å². The molecule has 0 aliphatic rings. The van der Waals surface area contributed by atoms with Crippen LogP contribution in [0.5, 0.6) is 5.88 Å². The van der Waals surface area contributed by atoms with Crippen molar-refractivity contribution in [3.05, 3.63) is 11.8 Å². The first-order chi connectivity index (χ1) is 8.55. The quantitative estimate of drug-likeness (QED) is 0.785. The van der Waals surface area contributed by atoms with Crippen LogP contribution in [0.1, 0.15) is 39.3 Å². The molecule has 0 bridgehead atoms. The van der Waals surface area contributed by atoms with Gasteiger partial charge in [-0.2, -0.15) is 4.98 Å². The molecule has 1 atom stereocenters. The van der Waals surface area contributed by atoms with Gasteiger partial charge in [-0.15, -0.1) is 12.3 Å². The minimum Gasteiger partial charge on any atom is -0.475 e. The Labute approximate surface area is 109 Å². The Hall–Kier alpha value is -1.76. The highest BCUT2D eigenvalue weighted by molar-refractivity contribution is 5.32. The van der Waals surface area contributed by atoms with E-state index in [0.717, 1.165) is 12.1 Å². The predicted octanol–water partition coefficient (Wildman–Crippen LogP) is 2.79. The van der Waals surface area contributed by atoms with Crippen molar-refractivity contribution >= 4 is 5.95 Å². The van der Waals surface area contributed by atoms with Crippen LogP contribution < -0.4 is 10.1 Å². The summed E-state index contributed by atoms with van der Waals surface area (Å²) in [4.78, 5) is 8.67. The summed E-state index contributed by atoms with van der Waals surface area (Å²) in [6, 6.07) is 2.02. The molecule has 4 nitrogen and oxygen atoms in total. The van der Waals surface area contributed by atoms with Crippen molar-refractivity contribution in [3.8, 4) is 18.2 Å². The van der Waals surface area contributed by atoms with Crippen LogP contribution in [0, 0.1) is 19.3 Å². The van der Waals surface area contributed by atoms with Crippen molar-refractivity contribution in [1.82, 2.24) is 9.97 Å². The molecule has 1 N–H and O–H groups in total. The zero-order chi connectivity index (χ0) is 13.5. The fourth-order valence-electron chi connectivity index (χ4n) is 1.53. The number of aryl methyl sites for hydroxylation is 1. The van der Waals surface area contributed by atoms with Gasteiger partial charge in [-0.05, 0) is 27.2 Å². The highest BCUT2D eigenvalue weighted by atomic mass is 16.5. The molecule has 4 heteroatoms. The molecule has 1 aromatic rings. The number of nitrogens with zero attached hydrogens (tertiary/aromatic N) is 2. The maximum absolute atomic E-state index is 5.58. The van der Waals surface area contributed by atoms with Gasteiger partial charge in [0.25, 0.3) is 0 Å². The fraction of sp³-hybridized carbons (Fsp3) is 0.571. The topological polar surface area (TPSA) is 47.0 Å². The van der Waals surface area contributed by atoms with Crippen molar-refractivity contribution < 1.29 is 4.74 Å². The highest BCUT2D eigenvalue weighted by Gasteiger charge is 2.09. The van der Waals surface area contributed by atoms with E-state index < -0.39 is 0 Å². The second-order valence-electron chi connectivity index (χ2n) is 4.50. The van der Waals surface area contributed by atoms with Crippen LogP contribution in [0.25, 0.3) is 0 Å². The third-order valence-electron chi connectivity index (χ3n) is 2.38. The Balaban J connectivity index is 2.82. The molecule has 98 valence electrons. The number of anilines is 1.